The van der Waals surface area contributed by atoms with E-state index in [1.54, 1.807) is 0 Å². The second-order valence-corrected chi connectivity index (χ2v) is 5.96. The van der Waals surface area contributed by atoms with Gasteiger partial charge in [-0.25, -0.2) is 0 Å². The first-order chi connectivity index (χ1) is 7.62. The topological polar surface area (TPSA) is 43.4 Å². The van der Waals surface area contributed by atoms with E-state index in [1.165, 1.54) is 25.7 Å². The second-order valence-electron chi connectivity index (χ2n) is 4.21. The molecular formula is C12H27NaO3S. The van der Waals surface area contributed by atoms with Gasteiger partial charge in [-0.05, 0) is 12.8 Å². The van der Waals surface area contributed by atoms with Crippen LogP contribution in [0, 0.1) is 0 Å². The monoisotopic (exact) mass is 274 g/mol. The van der Waals surface area contributed by atoms with Crippen molar-refractivity contribution in [2.45, 2.75) is 65.2 Å². The van der Waals surface area contributed by atoms with Gasteiger partial charge in [0.05, 0.1) is 12.4 Å². The summed E-state index contributed by atoms with van der Waals surface area (Å²) in [7, 11) is -3.24. The van der Waals surface area contributed by atoms with Crippen LogP contribution < -0.4 is 0 Å². The summed E-state index contributed by atoms with van der Waals surface area (Å²) in [5.74, 6) is 0.166. The molecular weight excluding hydrogens is 247 g/mol. The first-order valence-electron chi connectivity index (χ1n) is 6.49. The average Bonchev–Trinajstić information content (AvgIpc) is 2.25. The van der Waals surface area contributed by atoms with E-state index in [2.05, 4.69) is 6.92 Å². The van der Waals surface area contributed by atoms with Crippen LogP contribution in [0.4, 0.5) is 0 Å². The third-order valence-electron chi connectivity index (χ3n) is 2.51. The van der Waals surface area contributed by atoms with Gasteiger partial charge in [-0.15, -0.1) is 0 Å². The molecule has 0 N–H and O–H groups in total. The van der Waals surface area contributed by atoms with E-state index < -0.39 is 10.1 Å². The summed E-state index contributed by atoms with van der Waals surface area (Å²) >= 11 is 0. The third-order valence-corrected chi connectivity index (χ3v) is 3.82. The zero-order valence-electron chi connectivity index (χ0n) is 10.7. The van der Waals surface area contributed by atoms with Gasteiger partial charge in [0, 0.05) is 0 Å². The van der Waals surface area contributed by atoms with Crippen molar-refractivity contribution < 1.29 is 12.6 Å². The van der Waals surface area contributed by atoms with Gasteiger partial charge in [-0.3, -0.25) is 4.18 Å². The van der Waals surface area contributed by atoms with E-state index in [0.29, 0.717) is 13.0 Å². The molecule has 0 aromatic carbocycles. The Kier molecular flexibility index (Phi) is 15.9. The average molecular weight is 274 g/mol. The van der Waals surface area contributed by atoms with Gasteiger partial charge in [0.1, 0.15) is 0 Å². The molecule has 0 radical (unpaired) electrons. The normalized spacial score (nSPS) is 11.2. The van der Waals surface area contributed by atoms with E-state index in [9.17, 15) is 8.42 Å². The van der Waals surface area contributed by atoms with Gasteiger partial charge in [0.2, 0.25) is 0 Å². The predicted octanol–water partition coefficient (Wildman–Crippen LogP) is 2.84. The molecule has 17 heavy (non-hydrogen) atoms. The van der Waals surface area contributed by atoms with Crippen molar-refractivity contribution in [3.8, 4) is 0 Å². The Morgan fingerprint density at radius 1 is 0.824 bits per heavy atom. The summed E-state index contributed by atoms with van der Waals surface area (Å²) in [5, 5.41) is 0. The maximum atomic E-state index is 11.3. The van der Waals surface area contributed by atoms with Gasteiger partial charge in [0.15, 0.2) is 0 Å². The standard InChI is InChI=1S/C12H26O3S.Na.H/c1-3-5-7-8-9-10-11-15-16(13,14)12-6-4-2;;/h3-12H2,1-2H3;;. The van der Waals surface area contributed by atoms with E-state index in [-0.39, 0.29) is 35.3 Å². The van der Waals surface area contributed by atoms with Crippen LogP contribution in [0.1, 0.15) is 65.2 Å². The molecule has 0 unspecified atom stereocenters. The molecule has 0 aliphatic heterocycles. The Morgan fingerprint density at radius 2 is 1.35 bits per heavy atom. The molecule has 0 atom stereocenters. The molecule has 0 aromatic heterocycles. The van der Waals surface area contributed by atoms with Crippen LogP contribution in [-0.2, 0) is 14.3 Å². The van der Waals surface area contributed by atoms with Crippen LogP contribution >= 0.6 is 0 Å². The molecule has 100 valence electrons. The Labute approximate surface area is 129 Å². The molecule has 3 nitrogen and oxygen atoms in total. The first kappa shape index (κ1) is 20.2. The van der Waals surface area contributed by atoms with Crippen molar-refractivity contribution in [2.24, 2.45) is 0 Å². The van der Waals surface area contributed by atoms with Gasteiger partial charge < -0.3 is 0 Å². The zero-order valence-corrected chi connectivity index (χ0v) is 11.5. The predicted molar refractivity (Wildman–Crippen MR) is 75.2 cm³/mol. The first-order valence-corrected chi connectivity index (χ1v) is 8.07. The van der Waals surface area contributed by atoms with Gasteiger partial charge >= 0.3 is 29.6 Å². The zero-order chi connectivity index (χ0) is 12.3. The number of hydrogen-bond acceptors (Lipinski definition) is 3. The van der Waals surface area contributed by atoms with E-state index in [0.717, 1.165) is 19.3 Å². The van der Waals surface area contributed by atoms with Crippen LogP contribution in [0.15, 0.2) is 0 Å². The Morgan fingerprint density at radius 3 is 1.94 bits per heavy atom. The van der Waals surface area contributed by atoms with Crippen LogP contribution in [0.2, 0.25) is 0 Å². The molecule has 0 saturated carbocycles. The van der Waals surface area contributed by atoms with Gasteiger partial charge in [-0.1, -0.05) is 52.4 Å². The quantitative estimate of drug-likeness (QED) is 0.330. The van der Waals surface area contributed by atoms with Crippen molar-refractivity contribution in [3.05, 3.63) is 0 Å². The van der Waals surface area contributed by atoms with Crippen molar-refractivity contribution >= 4 is 39.7 Å². The Balaban J connectivity index is 0. The molecule has 0 aliphatic carbocycles. The van der Waals surface area contributed by atoms with Crippen molar-refractivity contribution in [1.82, 2.24) is 0 Å². The fraction of sp³-hybridized carbons (Fsp3) is 1.00. The molecule has 0 heterocycles. The summed E-state index contributed by atoms with van der Waals surface area (Å²) in [6.45, 7) is 4.52. The number of rotatable bonds is 11. The summed E-state index contributed by atoms with van der Waals surface area (Å²) in [6.07, 6.45) is 8.46. The van der Waals surface area contributed by atoms with Crippen molar-refractivity contribution in [2.75, 3.05) is 12.4 Å². The van der Waals surface area contributed by atoms with Gasteiger partial charge in [0.25, 0.3) is 10.1 Å². The SMILES string of the molecule is CCCCCCCCOS(=O)(=O)CCCC.[NaH]. The van der Waals surface area contributed by atoms with Crippen LogP contribution in [0.3, 0.4) is 0 Å². The summed E-state index contributed by atoms with van der Waals surface area (Å²) < 4.78 is 27.5. The van der Waals surface area contributed by atoms with Crippen molar-refractivity contribution in [1.29, 1.82) is 0 Å². The Hall–Kier alpha value is 0.910. The summed E-state index contributed by atoms with van der Waals surface area (Å²) in [6, 6.07) is 0. The molecule has 0 amide bonds. The van der Waals surface area contributed by atoms with Crippen LogP contribution in [0.25, 0.3) is 0 Å². The molecule has 0 fully saturated rings. The number of hydrogen-bond donors (Lipinski definition) is 0. The summed E-state index contributed by atoms with van der Waals surface area (Å²) in [5.41, 5.74) is 0. The second kappa shape index (κ2) is 13.3. The summed E-state index contributed by atoms with van der Waals surface area (Å²) in [4.78, 5) is 0. The van der Waals surface area contributed by atoms with Crippen LogP contribution in [-0.4, -0.2) is 50.3 Å². The molecule has 0 aromatic rings. The molecule has 0 aliphatic rings. The van der Waals surface area contributed by atoms with E-state index >= 15 is 0 Å². The fourth-order valence-corrected chi connectivity index (χ4v) is 2.58. The molecule has 0 saturated heterocycles. The van der Waals surface area contributed by atoms with E-state index in [4.69, 9.17) is 4.18 Å². The number of unbranched alkanes of at least 4 members (excludes halogenated alkanes) is 6. The third kappa shape index (κ3) is 14.9. The minimum atomic E-state index is -3.24. The Bertz CT molecular complexity index is 240. The minimum absolute atomic E-state index is 0. The molecule has 0 rings (SSSR count). The van der Waals surface area contributed by atoms with Crippen LogP contribution in [0.5, 0.6) is 0 Å². The molecule has 0 spiro atoms. The fourth-order valence-electron chi connectivity index (χ4n) is 1.45. The van der Waals surface area contributed by atoms with Crippen molar-refractivity contribution in [3.63, 3.8) is 0 Å². The molecule has 5 heteroatoms. The molecule has 0 bridgehead atoms. The van der Waals surface area contributed by atoms with Gasteiger partial charge in [-0.2, -0.15) is 8.42 Å². The maximum absolute atomic E-state index is 11.3. The van der Waals surface area contributed by atoms with E-state index in [1.807, 2.05) is 6.92 Å².